The van der Waals surface area contributed by atoms with Crippen LogP contribution < -0.4 is 11.1 Å². The minimum absolute atomic E-state index is 0.00628. The third kappa shape index (κ3) is 6.21. The number of thiophene rings is 1. The van der Waals surface area contributed by atoms with Crippen LogP contribution in [0.1, 0.15) is 17.7 Å². The second kappa shape index (κ2) is 11.5. The molecule has 0 saturated carbocycles. The molecule has 2 aromatic heterocycles. The van der Waals surface area contributed by atoms with Crippen LogP contribution in [0.5, 0.6) is 0 Å². The molecule has 2 aliphatic rings. The number of sulfonamides is 1. The molecule has 0 spiro atoms. The fourth-order valence-electron chi connectivity index (χ4n) is 4.79. The van der Waals surface area contributed by atoms with Crippen LogP contribution in [0.3, 0.4) is 0 Å². The second-order valence-corrected chi connectivity index (χ2v) is 12.8. The van der Waals surface area contributed by atoms with Gasteiger partial charge in [0, 0.05) is 60.1 Å². The zero-order chi connectivity index (χ0) is 26.7. The summed E-state index contributed by atoms with van der Waals surface area (Å²) in [6.07, 6.45) is 5.01. The molecule has 0 bridgehead atoms. The fraction of sp³-hybridized carbons (Fsp3) is 0.423. The van der Waals surface area contributed by atoms with Gasteiger partial charge in [0.1, 0.15) is 5.82 Å². The minimum atomic E-state index is -3.50. The highest BCUT2D eigenvalue weighted by Gasteiger charge is 2.27. The predicted octanol–water partition coefficient (Wildman–Crippen LogP) is 2.58. The summed E-state index contributed by atoms with van der Waals surface area (Å²) in [6.45, 7) is 5.04. The number of nitrogens with one attached hydrogen (secondary N) is 1. The van der Waals surface area contributed by atoms with Gasteiger partial charge < -0.3 is 16.0 Å². The zero-order valence-electron chi connectivity index (χ0n) is 21.4. The molecular formula is C26H33N7O3S2. The van der Waals surface area contributed by atoms with Gasteiger partial charge in [-0.1, -0.05) is 0 Å². The van der Waals surface area contributed by atoms with E-state index in [9.17, 15) is 13.2 Å². The molecule has 0 radical (unpaired) electrons. The highest BCUT2D eigenvalue weighted by atomic mass is 32.2. The van der Waals surface area contributed by atoms with Gasteiger partial charge >= 0.3 is 0 Å². The first-order valence-electron chi connectivity index (χ1n) is 12.8. The molecular weight excluding hydrogens is 522 g/mol. The van der Waals surface area contributed by atoms with E-state index in [0.717, 1.165) is 62.5 Å². The van der Waals surface area contributed by atoms with Crippen LogP contribution in [0.4, 0.5) is 11.5 Å². The number of amides is 1. The Bertz CT molecular complexity index is 1360. The van der Waals surface area contributed by atoms with E-state index in [2.05, 4.69) is 31.5 Å². The van der Waals surface area contributed by atoms with Crippen molar-refractivity contribution in [2.24, 2.45) is 11.7 Å². The molecule has 10 nitrogen and oxygen atoms in total. The van der Waals surface area contributed by atoms with Gasteiger partial charge in [-0.25, -0.2) is 13.4 Å². The van der Waals surface area contributed by atoms with Crippen molar-refractivity contribution in [3.8, 4) is 11.3 Å². The van der Waals surface area contributed by atoms with Crippen LogP contribution in [-0.4, -0.2) is 84.7 Å². The van der Waals surface area contributed by atoms with Crippen molar-refractivity contribution >= 4 is 38.8 Å². The Morgan fingerprint density at radius 2 is 1.79 bits per heavy atom. The molecule has 4 heterocycles. The van der Waals surface area contributed by atoms with Gasteiger partial charge in [0.05, 0.1) is 23.0 Å². The van der Waals surface area contributed by atoms with E-state index < -0.39 is 10.0 Å². The van der Waals surface area contributed by atoms with Crippen molar-refractivity contribution in [3.63, 3.8) is 0 Å². The number of likely N-dealkylation sites (N-methyl/N-ethyl adjacent to an activating group) is 1. The number of carbonyl (C=O) groups is 1. The zero-order valence-corrected chi connectivity index (χ0v) is 23.0. The smallest absolute Gasteiger partial charge is 0.243 e. The molecule has 202 valence electrons. The van der Waals surface area contributed by atoms with E-state index in [0.29, 0.717) is 18.9 Å². The highest BCUT2D eigenvalue weighted by molar-refractivity contribution is 7.89. The van der Waals surface area contributed by atoms with Crippen molar-refractivity contribution in [1.82, 2.24) is 24.1 Å². The van der Waals surface area contributed by atoms with Crippen LogP contribution in [0.15, 0.2) is 53.0 Å². The lowest BCUT2D eigenvalue weighted by molar-refractivity contribution is -0.123. The van der Waals surface area contributed by atoms with Gasteiger partial charge in [0.15, 0.2) is 0 Å². The van der Waals surface area contributed by atoms with Crippen LogP contribution in [0.2, 0.25) is 0 Å². The summed E-state index contributed by atoms with van der Waals surface area (Å²) in [5.74, 6) is 0.383. The van der Waals surface area contributed by atoms with E-state index in [4.69, 9.17) is 10.7 Å². The number of rotatable bonds is 8. The van der Waals surface area contributed by atoms with Gasteiger partial charge in [-0.3, -0.25) is 14.7 Å². The largest absolute Gasteiger partial charge is 0.369 e. The van der Waals surface area contributed by atoms with Crippen molar-refractivity contribution in [1.29, 1.82) is 0 Å². The molecule has 38 heavy (non-hydrogen) atoms. The first-order valence-corrected chi connectivity index (χ1v) is 15.1. The lowest BCUT2D eigenvalue weighted by Crippen LogP contribution is -2.46. The summed E-state index contributed by atoms with van der Waals surface area (Å²) in [5, 5.41) is 5.31. The highest BCUT2D eigenvalue weighted by Crippen LogP contribution is 2.28. The molecule has 1 aromatic carbocycles. The third-order valence-electron chi connectivity index (χ3n) is 7.18. The molecule has 2 aliphatic heterocycles. The van der Waals surface area contributed by atoms with Crippen molar-refractivity contribution in [2.45, 2.75) is 24.3 Å². The number of nitrogens with zero attached hydrogens (tertiary/aromatic N) is 5. The number of primary amides is 1. The van der Waals surface area contributed by atoms with Crippen LogP contribution in [-0.2, 0) is 21.4 Å². The summed E-state index contributed by atoms with van der Waals surface area (Å²) < 4.78 is 27.5. The summed E-state index contributed by atoms with van der Waals surface area (Å²) in [7, 11) is -1.51. The van der Waals surface area contributed by atoms with Gasteiger partial charge in [-0.2, -0.15) is 4.31 Å². The maximum absolute atomic E-state index is 13.0. The molecule has 0 unspecified atom stereocenters. The molecule has 2 fully saturated rings. The summed E-state index contributed by atoms with van der Waals surface area (Å²) in [5.41, 5.74) is 7.95. The van der Waals surface area contributed by atoms with Gasteiger partial charge in [-0.15, -0.1) is 11.3 Å². The molecule has 0 aliphatic carbocycles. The topological polar surface area (TPSA) is 125 Å². The minimum Gasteiger partial charge on any atom is -0.369 e. The van der Waals surface area contributed by atoms with E-state index in [1.807, 2.05) is 7.05 Å². The normalized spacial score (nSPS) is 18.4. The second-order valence-electron chi connectivity index (χ2n) is 9.90. The number of nitrogens with two attached hydrogens (primary N) is 1. The Labute approximate surface area is 227 Å². The Kier molecular flexibility index (Phi) is 8.05. The van der Waals surface area contributed by atoms with E-state index in [1.165, 1.54) is 4.88 Å². The molecule has 2 saturated heterocycles. The fourth-order valence-corrected chi connectivity index (χ4v) is 7.14. The number of piperazine rings is 1. The Hall–Kier alpha value is -2.90. The van der Waals surface area contributed by atoms with E-state index in [-0.39, 0.29) is 16.7 Å². The average Bonchev–Trinajstić information content (AvgIpc) is 3.38. The molecule has 0 atom stereocenters. The van der Waals surface area contributed by atoms with Crippen molar-refractivity contribution < 1.29 is 13.2 Å². The van der Waals surface area contributed by atoms with Crippen molar-refractivity contribution in [2.75, 3.05) is 51.6 Å². The van der Waals surface area contributed by atoms with Crippen LogP contribution in [0, 0.1) is 5.92 Å². The maximum Gasteiger partial charge on any atom is 0.243 e. The van der Waals surface area contributed by atoms with E-state index in [1.54, 1.807) is 52.3 Å². The number of hydrogen-bond acceptors (Lipinski definition) is 9. The quantitative estimate of drug-likeness (QED) is 0.435. The summed E-state index contributed by atoms with van der Waals surface area (Å²) >= 11 is 1.69. The Morgan fingerprint density at radius 3 is 2.47 bits per heavy atom. The van der Waals surface area contributed by atoms with Crippen LogP contribution in [0.25, 0.3) is 11.3 Å². The molecule has 3 aromatic rings. The number of hydrogen-bond donors (Lipinski definition) is 2. The number of anilines is 2. The average molecular weight is 556 g/mol. The summed E-state index contributed by atoms with van der Waals surface area (Å²) in [4.78, 5) is 26.5. The number of piperidine rings is 1. The molecule has 1 amide bonds. The monoisotopic (exact) mass is 555 g/mol. The Balaban J connectivity index is 1.21. The van der Waals surface area contributed by atoms with Crippen molar-refractivity contribution in [3.05, 3.63) is 53.0 Å². The Morgan fingerprint density at radius 1 is 1.08 bits per heavy atom. The molecule has 12 heteroatoms. The first kappa shape index (κ1) is 26.7. The maximum atomic E-state index is 13.0. The predicted molar refractivity (Wildman–Crippen MR) is 149 cm³/mol. The molecule has 5 rings (SSSR count). The molecule has 3 N–H and O–H groups in total. The van der Waals surface area contributed by atoms with Gasteiger partial charge in [0.25, 0.3) is 0 Å². The van der Waals surface area contributed by atoms with Crippen LogP contribution >= 0.6 is 11.3 Å². The lowest BCUT2D eigenvalue weighted by atomic mass is 9.96. The number of likely N-dealkylation sites (tertiary alicyclic amines) is 1. The first-order chi connectivity index (χ1) is 18.3. The number of carbonyl (C=O) groups excluding carboxylic acids is 1. The standard InChI is InChI=1S/C26H33N7O3S2/c1-31-10-12-33(13-11-31)38(35,36)23-4-2-21(3-5-23)29-25-16-28-15-24(30-25)20-14-22(37-18-20)17-32-8-6-19(7-9-32)26(27)34/h2-5,14-16,18-19H,6-13,17H2,1H3,(H2,27,34)(H,29,30). The van der Waals surface area contributed by atoms with Gasteiger partial charge in [-0.05, 0) is 63.3 Å². The number of aromatic nitrogens is 2. The lowest BCUT2D eigenvalue weighted by Gasteiger charge is -2.31. The van der Waals surface area contributed by atoms with E-state index >= 15 is 0 Å². The van der Waals surface area contributed by atoms with Gasteiger partial charge in [0.2, 0.25) is 15.9 Å². The number of benzene rings is 1. The summed E-state index contributed by atoms with van der Waals surface area (Å²) in [6, 6.07) is 8.90. The third-order valence-corrected chi connectivity index (χ3v) is 10.0. The SMILES string of the molecule is CN1CCN(S(=O)(=O)c2ccc(Nc3cncc(-c4csc(CN5CCC(C(N)=O)CC5)c4)n3)cc2)CC1.